The highest BCUT2D eigenvalue weighted by molar-refractivity contribution is 7.16. The van der Waals surface area contributed by atoms with Crippen molar-refractivity contribution >= 4 is 34.1 Å². The lowest BCUT2D eigenvalue weighted by molar-refractivity contribution is -0.143. The minimum atomic E-state index is -0.798. The van der Waals surface area contributed by atoms with E-state index < -0.39 is 5.97 Å². The number of hydrogen-bond donors (Lipinski definition) is 3. The third kappa shape index (κ3) is 6.04. The van der Waals surface area contributed by atoms with Gasteiger partial charge in [0.25, 0.3) is 5.91 Å². The van der Waals surface area contributed by atoms with Gasteiger partial charge in [0.1, 0.15) is 5.00 Å². The molecule has 1 aromatic heterocycles. The summed E-state index contributed by atoms with van der Waals surface area (Å²) in [4.78, 5) is 37.9. The van der Waals surface area contributed by atoms with Crippen LogP contribution in [0.5, 0.6) is 11.5 Å². The number of methoxy groups -OCH3 is 2. The smallest absolute Gasteiger partial charge is 0.306 e. The van der Waals surface area contributed by atoms with Gasteiger partial charge in [0.15, 0.2) is 11.5 Å². The van der Waals surface area contributed by atoms with Crippen LogP contribution in [0, 0.1) is 11.8 Å². The molecule has 0 atom stereocenters. The number of aliphatic carboxylic acids is 1. The fourth-order valence-corrected chi connectivity index (χ4v) is 4.96. The minimum Gasteiger partial charge on any atom is -0.493 e. The molecule has 1 saturated carbocycles. The van der Waals surface area contributed by atoms with Gasteiger partial charge in [-0.2, -0.15) is 0 Å². The zero-order valence-electron chi connectivity index (χ0n) is 19.1. The Morgan fingerprint density at radius 3 is 2.30 bits per heavy atom. The topological polar surface area (TPSA) is 114 Å². The number of hydrogen-bond acceptors (Lipinski definition) is 6. The first-order chi connectivity index (χ1) is 15.9. The predicted molar refractivity (Wildman–Crippen MR) is 126 cm³/mol. The molecule has 3 N–H and O–H groups in total. The number of anilines is 1. The van der Waals surface area contributed by atoms with Crippen molar-refractivity contribution in [3.8, 4) is 11.5 Å². The van der Waals surface area contributed by atoms with E-state index in [2.05, 4.69) is 10.6 Å². The normalized spacial score (nSPS) is 17.8. The summed E-state index contributed by atoms with van der Waals surface area (Å²) in [6.45, 7) is 2.29. The van der Waals surface area contributed by atoms with Gasteiger partial charge in [0, 0.05) is 17.3 Å². The number of carbonyl (C=O) groups excluding carboxylic acids is 2. The summed E-state index contributed by atoms with van der Waals surface area (Å²) in [5.41, 5.74) is 1.29. The quantitative estimate of drug-likeness (QED) is 0.504. The van der Waals surface area contributed by atoms with Crippen LogP contribution in [-0.4, -0.2) is 37.1 Å². The molecule has 9 heteroatoms. The Labute approximate surface area is 197 Å². The summed E-state index contributed by atoms with van der Waals surface area (Å²) in [6, 6.07) is 7.25. The van der Waals surface area contributed by atoms with E-state index in [1.54, 1.807) is 26.4 Å². The monoisotopic (exact) mass is 474 g/mol. The zero-order valence-corrected chi connectivity index (χ0v) is 19.9. The first-order valence-electron chi connectivity index (χ1n) is 11.0. The highest BCUT2D eigenvalue weighted by Crippen LogP contribution is 2.33. The van der Waals surface area contributed by atoms with E-state index in [9.17, 15) is 14.4 Å². The Bertz CT molecular complexity index is 1010. The van der Waals surface area contributed by atoms with Gasteiger partial charge in [-0.3, -0.25) is 14.4 Å². The van der Waals surface area contributed by atoms with Gasteiger partial charge in [0.05, 0.1) is 25.7 Å². The van der Waals surface area contributed by atoms with Crippen molar-refractivity contribution in [3.05, 3.63) is 40.3 Å². The summed E-state index contributed by atoms with van der Waals surface area (Å²) in [7, 11) is 3.12. The molecule has 3 rings (SSSR count). The van der Waals surface area contributed by atoms with Gasteiger partial charge >= 0.3 is 5.97 Å². The number of carboxylic acids is 1. The summed E-state index contributed by atoms with van der Waals surface area (Å²) < 4.78 is 10.6. The molecule has 1 aliphatic carbocycles. The van der Waals surface area contributed by atoms with E-state index in [1.165, 1.54) is 11.3 Å². The molecule has 1 aromatic carbocycles. The van der Waals surface area contributed by atoms with Gasteiger partial charge in [0.2, 0.25) is 5.91 Å². The van der Waals surface area contributed by atoms with Crippen LogP contribution in [-0.2, 0) is 22.6 Å². The Kier molecular flexibility index (Phi) is 8.32. The first-order valence-corrected chi connectivity index (χ1v) is 11.8. The second-order valence-corrected chi connectivity index (χ2v) is 9.19. The molecule has 1 heterocycles. The highest BCUT2D eigenvalue weighted by atomic mass is 32.1. The molecular weight excluding hydrogens is 444 g/mol. The van der Waals surface area contributed by atoms with Crippen LogP contribution in [0.3, 0.4) is 0 Å². The lowest BCUT2D eigenvalue weighted by atomic mass is 9.81. The van der Waals surface area contributed by atoms with Gasteiger partial charge in [-0.05, 0) is 55.9 Å². The predicted octanol–water partition coefficient (Wildman–Crippen LogP) is 4.09. The molecule has 2 amide bonds. The minimum absolute atomic E-state index is 0.155. The molecule has 1 aliphatic rings. The van der Waals surface area contributed by atoms with Gasteiger partial charge in [-0.1, -0.05) is 13.0 Å². The average Bonchev–Trinajstić information content (AvgIpc) is 3.25. The SMILES string of the molecule is CCc1cc(C(=O)NCc2ccc(OC)c(OC)c2)c(NC(=O)C2CCC(C(=O)O)CC2)s1. The molecule has 0 spiro atoms. The highest BCUT2D eigenvalue weighted by Gasteiger charge is 2.30. The number of carboxylic acid groups (broad SMARTS) is 1. The maximum atomic E-state index is 12.9. The fraction of sp³-hybridized carbons (Fsp3) is 0.458. The Morgan fingerprint density at radius 2 is 1.70 bits per heavy atom. The van der Waals surface area contributed by atoms with Crippen LogP contribution in [0.25, 0.3) is 0 Å². The molecule has 0 bridgehead atoms. The van der Waals surface area contributed by atoms with E-state index >= 15 is 0 Å². The van der Waals surface area contributed by atoms with Crippen LogP contribution in [0.15, 0.2) is 24.3 Å². The van der Waals surface area contributed by atoms with Crippen LogP contribution in [0.2, 0.25) is 0 Å². The summed E-state index contributed by atoms with van der Waals surface area (Å²) in [6.07, 6.45) is 2.82. The first kappa shape index (κ1) is 24.6. The number of amides is 2. The van der Waals surface area contributed by atoms with Gasteiger partial charge in [-0.15, -0.1) is 11.3 Å². The number of carbonyl (C=O) groups is 3. The second kappa shape index (κ2) is 11.2. The number of aryl methyl sites for hydroxylation is 1. The molecule has 178 valence electrons. The third-order valence-corrected chi connectivity index (χ3v) is 7.16. The van der Waals surface area contributed by atoms with Gasteiger partial charge in [-0.25, -0.2) is 0 Å². The lowest BCUT2D eigenvalue weighted by Crippen LogP contribution is -2.30. The van der Waals surface area contributed by atoms with Gasteiger partial charge < -0.3 is 25.2 Å². The van der Waals surface area contributed by atoms with Crippen molar-refractivity contribution in [2.75, 3.05) is 19.5 Å². The van der Waals surface area contributed by atoms with Crippen molar-refractivity contribution in [2.45, 2.75) is 45.6 Å². The molecule has 33 heavy (non-hydrogen) atoms. The summed E-state index contributed by atoms with van der Waals surface area (Å²) in [5, 5.41) is 15.5. The molecule has 0 unspecified atom stereocenters. The number of ether oxygens (including phenoxy) is 2. The largest absolute Gasteiger partial charge is 0.493 e. The maximum Gasteiger partial charge on any atom is 0.306 e. The zero-order chi connectivity index (χ0) is 24.0. The van der Waals surface area contributed by atoms with Crippen molar-refractivity contribution in [2.24, 2.45) is 11.8 Å². The molecule has 2 aromatic rings. The molecule has 0 aliphatic heterocycles. The Balaban J connectivity index is 1.66. The van der Waals surface area contributed by atoms with E-state index in [0.29, 0.717) is 54.3 Å². The molecule has 1 fully saturated rings. The van der Waals surface area contributed by atoms with Crippen LogP contribution < -0.4 is 20.1 Å². The van der Waals surface area contributed by atoms with Crippen LogP contribution in [0.1, 0.15) is 53.4 Å². The van der Waals surface area contributed by atoms with E-state index in [4.69, 9.17) is 14.6 Å². The standard InChI is InChI=1S/C24H30N2O6S/c1-4-17-12-18(22(28)25-13-14-5-10-19(31-2)20(11-14)32-3)23(33-17)26-21(27)15-6-8-16(9-7-15)24(29)30/h5,10-12,15-16H,4,6-9,13H2,1-3H3,(H,25,28)(H,26,27)(H,29,30). The maximum absolute atomic E-state index is 12.9. The molecule has 8 nitrogen and oxygen atoms in total. The molecular formula is C24H30N2O6S. The summed E-state index contributed by atoms with van der Waals surface area (Å²) in [5.74, 6) is -0.647. The number of rotatable bonds is 9. The van der Waals surface area contributed by atoms with Crippen molar-refractivity contribution in [3.63, 3.8) is 0 Å². The van der Waals surface area contributed by atoms with E-state index in [-0.39, 0.29) is 23.7 Å². The number of thiophene rings is 1. The number of benzene rings is 1. The molecule has 0 saturated heterocycles. The second-order valence-electron chi connectivity index (χ2n) is 8.06. The Morgan fingerprint density at radius 1 is 1.03 bits per heavy atom. The average molecular weight is 475 g/mol. The lowest BCUT2D eigenvalue weighted by Gasteiger charge is -2.25. The van der Waals surface area contributed by atoms with Crippen molar-refractivity contribution < 1.29 is 29.0 Å². The fourth-order valence-electron chi connectivity index (χ4n) is 3.96. The van der Waals surface area contributed by atoms with Crippen molar-refractivity contribution in [1.82, 2.24) is 5.32 Å². The van der Waals surface area contributed by atoms with E-state index in [0.717, 1.165) is 16.9 Å². The van der Waals surface area contributed by atoms with Crippen LogP contribution in [0.4, 0.5) is 5.00 Å². The van der Waals surface area contributed by atoms with Crippen molar-refractivity contribution in [1.29, 1.82) is 0 Å². The van der Waals surface area contributed by atoms with Crippen LogP contribution >= 0.6 is 11.3 Å². The summed E-state index contributed by atoms with van der Waals surface area (Å²) >= 11 is 1.39. The Hall–Kier alpha value is -3.07. The molecule has 0 radical (unpaired) electrons. The van der Waals surface area contributed by atoms with E-state index in [1.807, 2.05) is 19.1 Å². The third-order valence-electron chi connectivity index (χ3n) is 5.96. The number of nitrogens with one attached hydrogen (secondary N) is 2.